The number of aromatic nitrogens is 3. The van der Waals surface area contributed by atoms with Crippen molar-refractivity contribution in [3.63, 3.8) is 0 Å². The van der Waals surface area contributed by atoms with Crippen LogP contribution in [0.2, 0.25) is 0 Å². The summed E-state index contributed by atoms with van der Waals surface area (Å²) in [6.45, 7) is 0.326. The lowest BCUT2D eigenvalue weighted by atomic mass is 9.85. The van der Waals surface area contributed by atoms with Crippen molar-refractivity contribution in [2.24, 2.45) is 0 Å². The van der Waals surface area contributed by atoms with Crippen LogP contribution in [-0.2, 0) is 11.2 Å². The van der Waals surface area contributed by atoms with Crippen LogP contribution in [0.1, 0.15) is 37.8 Å². The predicted octanol–water partition coefficient (Wildman–Crippen LogP) is 1.95. The highest BCUT2D eigenvalue weighted by molar-refractivity contribution is 7.13. The molecule has 23 heavy (non-hydrogen) atoms. The van der Waals surface area contributed by atoms with Gasteiger partial charge in [-0.05, 0) is 12.8 Å². The molecule has 2 aromatic rings. The lowest BCUT2D eigenvalue weighted by Crippen LogP contribution is -2.44. The number of aliphatic hydroxyl groups is 1. The van der Waals surface area contributed by atoms with Gasteiger partial charge in [-0.25, -0.2) is 4.98 Å². The van der Waals surface area contributed by atoms with Gasteiger partial charge in [0.15, 0.2) is 0 Å². The van der Waals surface area contributed by atoms with E-state index in [1.165, 1.54) is 17.8 Å². The van der Waals surface area contributed by atoms with E-state index >= 15 is 0 Å². The number of amides is 1. The van der Waals surface area contributed by atoms with Crippen molar-refractivity contribution >= 4 is 17.2 Å². The Morgan fingerprint density at radius 1 is 1.30 bits per heavy atom. The fourth-order valence-corrected chi connectivity index (χ4v) is 3.57. The molecule has 6 nitrogen and oxygen atoms in total. The van der Waals surface area contributed by atoms with Gasteiger partial charge >= 0.3 is 0 Å². The number of carbonyl (C=O) groups is 1. The molecule has 122 valence electrons. The molecule has 0 saturated heterocycles. The van der Waals surface area contributed by atoms with Gasteiger partial charge in [0, 0.05) is 24.3 Å². The Morgan fingerprint density at radius 2 is 2.13 bits per heavy atom. The number of rotatable bonds is 5. The standard InChI is InChI=1S/C16H20N4O2S/c21-14(19-11-16(22)4-2-1-3-5-16)8-12-10-23-15(20-12)13-9-17-6-7-18-13/h6-7,9-10,22H,1-5,8,11H2,(H,19,21). The van der Waals surface area contributed by atoms with Gasteiger partial charge in [-0.15, -0.1) is 11.3 Å². The molecular formula is C16H20N4O2S. The quantitative estimate of drug-likeness (QED) is 0.874. The summed E-state index contributed by atoms with van der Waals surface area (Å²) in [6.07, 6.45) is 9.85. The highest BCUT2D eigenvalue weighted by atomic mass is 32.1. The topological polar surface area (TPSA) is 88.0 Å². The van der Waals surface area contributed by atoms with E-state index in [0.717, 1.165) is 30.7 Å². The summed E-state index contributed by atoms with van der Waals surface area (Å²) in [5.74, 6) is -0.111. The average molecular weight is 332 g/mol. The molecule has 2 N–H and O–H groups in total. The van der Waals surface area contributed by atoms with Crippen molar-refractivity contribution < 1.29 is 9.90 Å². The van der Waals surface area contributed by atoms with E-state index in [4.69, 9.17) is 0 Å². The molecule has 1 fully saturated rings. The lowest BCUT2D eigenvalue weighted by molar-refractivity contribution is -0.122. The molecule has 1 saturated carbocycles. The van der Waals surface area contributed by atoms with Crippen LogP contribution in [0.15, 0.2) is 24.0 Å². The molecule has 7 heteroatoms. The van der Waals surface area contributed by atoms with Crippen LogP contribution in [0.5, 0.6) is 0 Å². The van der Waals surface area contributed by atoms with Crippen LogP contribution in [0, 0.1) is 0 Å². The number of carbonyl (C=O) groups excluding carboxylic acids is 1. The first-order chi connectivity index (χ1) is 11.1. The summed E-state index contributed by atoms with van der Waals surface area (Å²) < 4.78 is 0. The van der Waals surface area contributed by atoms with Gasteiger partial charge in [0.05, 0.1) is 23.9 Å². The van der Waals surface area contributed by atoms with E-state index in [2.05, 4.69) is 20.3 Å². The summed E-state index contributed by atoms with van der Waals surface area (Å²) in [5.41, 5.74) is 0.685. The van der Waals surface area contributed by atoms with Gasteiger partial charge in [-0.1, -0.05) is 19.3 Å². The number of thiazole rings is 1. The van der Waals surface area contributed by atoms with E-state index in [1.54, 1.807) is 18.6 Å². The third-order valence-corrected chi connectivity index (χ3v) is 4.99. The van der Waals surface area contributed by atoms with E-state index in [0.29, 0.717) is 17.9 Å². The fourth-order valence-electron chi connectivity index (χ4n) is 2.79. The highest BCUT2D eigenvalue weighted by Crippen LogP contribution is 2.27. The van der Waals surface area contributed by atoms with Crippen LogP contribution in [0.25, 0.3) is 10.7 Å². The maximum atomic E-state index is 12.1. The normalized spacial score (nSPS) is 16.9. The molecule has 0 radical (unpaired) electrons. The Morgan fingerprint density at radius 3 is 2.87 bits per heavy atom. The molecule has 0 aliphatic heterocycles. The smallest absolute Gasteiger partial charge is 0.226 e. The second-order valence-corrected chi connectivity index (χ2v) is 6.83. The molecule has 0 aromatic carbocycles. The highest BCUT2D eigenvalue weighted by Gasteiger charge is 2.29. The van der Waals surface area contributed by atoms with Gasteiger partial charge in [-0.3, -0.25) is 14.8 Å². The summed E-state index contributed by atoms with van der Waals surface area (Å²) in [6, 6.07) is 0. The van der Waals surface area contributed by atoms with Crippen molar-refractivity contribution in [3.05, 3.63) is 29.7 Å². The van der Waals surface area contributed by atoms with Crippen molar-refractivity contribution in [1.82, 2.24) is 20.3 Å². The maximum Gasteiger partial charge on any atom is 0.226 e. The van der Waals surface area contributed by atoms with Crippen molar-refractivity contribution in [3.8, 4) is 10.7 Å². The predicted molar refractivity (Wildman–Crippen MR) is 87.9 cm³/mol. The first kappa shape index (κ1) is 16.0. The van der Waals surface area contributed by atoms with E-state index in [-0.39, 0.29) is 12.3 Å². The number of hydrogen-bond acceptors (Lipinski definition) is 6. The molecule has 0 atom stereocenters. The number of hydrogen-bond donors (Lipinski definition) is 2. The van der Waals surface area contributed by atoms with Crippen molar-refractivity contribution in [1.29, 1.82) is 0 Å². The Bertz CT molecular complexity index is 653. The van der Waals surface area contributed by atoms with Gasteiger partial charge < -0.3 is 10.4 Å². The second kappa shape index (κ2) is 7.14. The van der Waals surface area contributed by atoms with Crippen LogP contribution in [0.4, 0.5) is 0 Å². The van der Waals surface area contributed by atoms with E-state index in [9.17, 15) is 9.90 Å². The zero-order valence-electron chi connectivity index (χ0n) is 12.9. The van der Waals surface area contributed by atoms with Crippen LogP contribution in [-0.4, -0.2) is 38.1 Å². The molecule has 0 spiro atoms. The van der Waals surface area contributed by atoms with Gasteiger partial charge in [0.1, 0.15) is 10.7 Å². The summed E-state index contributed by atoms with van der Waals surface area (Å²) >= 11 is 1.45. The molecule has 1 aliphatic carbocycles. The maximum absolute atomic E-state index is 12.1. The van der Waals surface area contributed by atoms with Crippen LogP contribution < -0.4 is 5.32 Å². The minimum atomic E-state index is -0.735. The monoisotopic (exact) mass is 332 g/mol. The number of nitrogens with one attached hydrogen (secondary N) is 1. The second-order valence-electron chi connectivity index (χ2n) is 5.97. The zero-order chi connectivity index (χ0) is 16.1. The average Bonchev–Trinajstić information content (AvgIpc) is 3.03. The molecule has 2 heterocycles. The Balaban J connectivity index is 1.53. The minimum absolute atomic E-state index is 0.111. The summed E-state index contributed by atoms with van der Waals surface area (Å²) in [4.78, 5) is 24.7. The first-order valence-corrected chi connectivity index (χ1v) is 8.72. The van der Waals surface area contributed by atoms with Crippen LogP contribution in [0.3, 0.4) is 0 Å². The van der Waals surface area contributed by atoms with Crippen molar-refractivity contribution in [2.45, 2.75) is 44.1 Å². The molecule has 0 bridgehead atoms. The summed E-state index contributed by atoms with van der Waals surface area (Å²) in [7, 11) is 0. The Labute approximate surface area is 139 Å². The third-order valence-electron chi connectivity index (χ3n) is 4.07. The van der Waals surface area contributed by atoms with Gasteiger partial charge in [0.25, 0.3) is 0 Å². The number of nitrogens with zero attached hydrogens (tertiary/aromatic N) is 3. The van der Waals surface area contributed by atoms with Crippen LogP contribution >= 0.6 is 11.3 Å². The SMILES string of the molecule is O=C(Cc1csc(-c2cnccn2)n1)NCC1(O)CCCCC1. The van der Waals surface area contributed by atoms with Gasteiger partial charge in [0.2, 0.25) is 5.91 Å². The Hall–Kier alpha value is -1.86. The van der Waals surface area contributed by atoms with Crippen molar-refractivity contribution in [2.75, 3.05) is 6.54 Å². The first-order valence-electron chi connectivity index (χ1n) is 7.84. The molecule has 3 rings (SSSR count). The minimum Gasteiger partial charge on any atom is -0.388 e. The van der Waals surface area contributed by atoms with E-state index in [1.807, 2.05) is 5.38 Å². The van der Waals surface area contributed by atoms with Gasteiger partial charge in [-0.2, -0.15) is 0 Å². The zero-order valence-corrected chi connectivity index (χ0v) is 13.7. The van der Waals surface area contributed by atoms with E-state index < -0.39 is 5.60 Å². The lowest BCUT2D eigenvalue weighted by Gasteiger charge is -2.32. The molecule has 0 unspecified atom stereocenters. The Kier molecular flexibility index (Phi) is 4.97. The molecule has 1 amide bonds. The molecule has 2 aromatic heterocycles. The fraction of sp³-hybridized carbons (Fsp3) is 0.500. The largest absolute Gasteiger partial charge is 0.388 e. The third kappa shape index (κ3) is 4.33. The summed E-state index contributed by atoms with van der Waals surface area (Å²) in [5, 5.41) is 15.8. The molecule has 1 aliphatic rings. The molecular weight excluding hydrogens is 312 g/mol.